The van der Waals surface area contributed by atoms with Crippen LogP contribution in [-0.4, -0.2) is 65.9 Å². The average Bonchev–Trinajstić information content (AvgIpc) is 2.93. The van der Waals surface area contributed by atoms with E-state index in [4.69, 9.17) is 16.2 Å². The summed E-state index contributed by atoms with van der Waals surface area (Å²) in [6.07, 6.45) is 3.08. The van der Waals surface area contributed by atoms with Crippen LogP contribution >= 0.6 is 0 Å². The van der Waals surface area contributed by atoms with Crippen LogP contribution in [0.2, 0.25) is 0 Å². The monoisotopic (exact) mass is 562 g/mol. The minimum atomic E-state index is -1.22. The number of aliphatic carboxylic acids is 1. The second-order valence-electron chi connectivity index (χ2n) is 9.52. The van der Waals surface area contributed by atoms with Crippen molar-refractivity contribution in [1.29, 1.82) is 0 Å². The SMILES string of the molecule is CCC(C)[C@@H](NC(=O)[C@@H](CCCC(N=C=O)OCc1ccccc1)NC(=O)N[C@@H](CCCCN)C(=O)O)C(N)=O. The van der Waals surface area contributed by atoms with E-state index in [0.29, 0.717) is 25.8 Å². The van der Waals surface area contributed by atoms with Crippen LogP contribution in [-0.2, 0) is 30.5 Å². The number of carbonyl (C=O) groups excluding carboxylic acids is 4. The Morgan fingerprint density at radius 2 is 1.65 bits per heavy atom. The Morgan fingerprint density at radius 3 is 2.23 bits per heavy atom. The standard InChI is InChI=1S/C27H42N6O7/c1-3-18(2)23(24(29)35)33-25(36)20(31-27(39)32-21(26(37)38)12-7-8-15-28)13-9-14-22(30-17-34)40-16-19-10-5-4-6-11-19/h4-6,10-11,18,20-23H,3,7-9,12-16,28H2,1-2H3,(H2,29,35)(H,33,36)(H,37,38)(H2,31,32,39)/t18?,20-,21+,22?,23-/m1/s1. The van der Waals surface area contributed by atoms with Gasteiger partial charge in [-0.1, -0.05) is 50.6 Å². The lowest BCUT2D eigenvalue weighted by Crippen LogP contribution is -2.57. The summed E-state index contributed by atoms with van der Waals surface area (Å²) in [5, 5.41) is 16.9. The summed E-state index contributed by atoms with van der Waals surface area (Å²) in [4.78, 5) is 64.0. The van der Waals surface area contributed by atoms with Crippen molar-refractivity contribution in [2.24, 2.45) is 22.4 Å². The van der Waals surface area contributed by atoms with Gasteiger partial charge in [-0.05, 0) is 56.6 Å². The van der Waals surface area contributed by atoms with Gasteiger partial charge in [0, 0.05) is 0 Å². The number of hydrogen-bond donors (Lipinski definition) is 6. The summed E-state index contributed by atoms with van der Waals surface area (Å²) in [7, 11) is 0. The molecule has 0 aliphatic carbocycles. The molecule has 0 fully saturated rings. The van der Waals surface area contributed by atoms with Crippen LogP contribution in [0.1, 0.15) is 64.4 Å². The topological polar surface area (TPSA) is 215 Å². The fourth-order valence-corrected chi connectivity index (χ4v) is 3.87. The highest BCUT2D eigenvalue weighted by Crippen LogP contribution is 2.13. The molecule has 1 rings (SSSR count). The van der Waals surface area contributed by atoms with Gasteiger partial charge >= 0.3 is 12.0 Å². The molecule has 1 aromatic carbocycles. The number of urea groups is 1. The highest BCUT2D eigenvalue weighted by atomic mass is 16.5. The fraction of sp³-hybridized carbons (Fsp3) is 0.593. The zero-order chi connectivity index (χ0) is 29.9. The Hall–Kier alpha value is -3.80. The number of unbranched alkanes of at least 4 members (excludes halogenated alkanes) is 1. The lowest BCUT2D eigenvalue weighted by Gasteiger charge is -2.26. The predicted molar refractivity (Wildman–Crippen MR) is 147 cm³/mol. The van der Waals surface area contributed by atoms with E-state index in [1.807, 2.05) is 37.3 Å². The van der Waals surface area contributed by atoms with Gasteiger partial charge in [-0.3, -0.25) is 9.59 Å². The first-order valence-corrected chi connectivity index (χ1v) is 13.4. The number of nitrogens with zero attached hydrogens (tertiary/aromatic N) is 1. The molecule has 0 spiro atoms. The van der Waals surface area contributed by atoms with Crippen molar-refractivity contribution >= 4 is 29.9 Å². The molecule has 13 heteroatoms. The number of carbonyl (C=O) groups is 4. The first-order chi connectivity index (χ1) is 19.1. The van der Waals surface area contributed by atoms with Crippen molar-refractivity contribution in [3.63, 3.8) is 0 Å². The molecule has 0 radical (unpaired) electrons. The summed E-state index contributed by atoms with van der Waals surface area (Å²) in [5.41, 5.74) is 11.8. The third-order valence-electron chi connectivity index (χ3n) is 6.42. The van der Waals surface area contributed by atoms with Crippen molar-refractivity contribution < 1.29 is 33.8 Å². The smallest absolute Gasteiger partial charge is 0.326 e. The number of carboxylic acid groups (broad SMARTS) is 1. The zero-order valence-electron chi connectivity index (χ0n) is 23.1. The highest BCUT2D eigenvalue weighted by Gasteiger charge is 2.29. The van der Waals surface area contributed by atoms with Gasteiger partial charge < -0.3 is 37.3 Å². The molecule has 5 atom stereocenters. The molecule has 8 N–H and O–H groups in total. The second-order valence-corrected chi connectivity index (χ2v) is 9.52. The van der Waals surface area contributed by atoms with E-state index in [2.05, 4.69) is 20.9 Å². The van der Waals surface area contributed by atoms with Crippen LogP contribution in [0.5, 0.6) is 0 Å². The Morgan fingerprint density at radius 1 is 1.00 bits per heavy atom. The van der Waals surface area contributed by atoms with E-state index in [9.17, 15) is 29.1 Å². The molecule has 0 aliphatic rings. The Bertz CT molecular complexity index is 987. The Kier molecular flexibility index (Phi) is 16.5. The number of primary amides is 1. The van der Waals surface area contributed by atoms with Gasteiger partial charge in [0.1, 0.15) is 18.1 Å². The van der Waals surface area contributed by atoms with E-state index in [-0.39, 0.29) is 38.2 Å². The van der Waals surface area contributed by atoms with Gasteiger partial charge in [0.15, 0.2) is 6.23 Å². The minimum Gasteiger partial charge on any atom is -0.480 e. The first kappa shape index (κ1) is 34.2. The molecule has 4 amide bonds. The number of nitrogens with one attached hydrogen (secondary N) is 3. The molecular weight excluding hydrogens is 520 g/mol. The van der Waals surface area contributed by atoms with Crippen LogP contribution in [0.3, 0.4) is 0 Å². The van der Waals surface area contributed by atoms with E-state index in [1.54, 1.807) is 6.92 Å². The number of hydrogen-bond acceptors (Lipinski definition) is 8. The molecule has 13 nitrogen and oxygen atoms in total. The number of carboxylic acids is 1. The number of rotatable bonds is 20. The molecule has 2 unspecified atom stereocenters. The van der Waals surface area contributed by atoms with E-state index in [0.717, 1.165) is 5.56 Å². The van der Waals surface area contributed by atoms with E-state index >= 15 is 0 Å². The van der Waals surface area contributed by atoms with Crippen LogP contribution in [0, 0.1) is 5.92 Å². The molecule has 222 valence electrons. The normalized spacial score (nSPS) is 14.5. The highest BCUT2D eigenvalue weighted by molar-refractivity contribution is 5.92. The largest absolute Gasteiger partial charge is 0.480 e. The molecule has 0 saturated heterocycles. The third-order valence-corrected chi connectivity index (χ3v) is 6.42. The molecule has 0 aromatic heterocycles. The van der Waals surface area contributed by atoms with Crippen LogP contribution in [0.15, 0.2) is 35.3 Å². The summed E-state index contributed by atoms with van der Waals surface area (Å²) in [6.45, 7) is 4.20. The van der Waals surface area contributed by atoms with Crippen molar-refractivity contribution in [3.05, 3.63) is 35.9 Å². The maximum atomic E-state index is 13.1. The number of amides is 4. The summed E-state index contributed by atoms with van der Waals surface area (Å²) in [5.74, 6) is -2.85. The number of benzene rings is 1. The van der Waals surface area contributed by atoms with Gasteiger partial charge in [0.05, 0.1) is 6.61 Å². The number of aliphatic imine (C=N–C) groups is 1. The van der Waals surface area contributed by atoms with Crippen molar-refractivity contribution in [2.45, 2.75) is 89.8 Å². The quantitative estimate of drug-likeness (QED) is 0.0771. The van der Waals surface area contributed by atoms with Gasteiger partial charge in [0.2, 0.25) is 17.9 Å². The maximum Gasteiger partial charge on any atom is 0.326 e. The van der Waals surface area contributed by atoms with Crippen LogP contribution in [0.25, 0.3) is 0 Å². The van der Waals surface area contributed by atoms with Crippen molar-refractivity contribution in [3.8, 4) is 0 Å². The van der Waals surface area contributed by atoms with Crippen molar-refractivity contribution in [2.75, 3.05) is 6.54 Å². The second kappa shape index (κ2) is 19.3. The van der Waals surface area contributed by atoms with Gasteiger partial charge in [-0.2, -0.15) is 4.99 Å². The Labute approximate surface area is 234 Å². The van der Waals surface area contributed by atoms with Gasteiger partial charge in [-0.15, -0.1) is 0 Å². The summed E-state index contributed by atoms with van der Waals surface area (Å²) < 4.78 is 5.69. The number of ether oxygens (including phenoxy) is 1. The predicted octanol–water partition coefficient (Wildman–Crippen LogP) is 1.30. The van der Waals surface area contributed by atoms with Gasteiger partial charge in [0.25, 0.3) is 0 Å². The molecule has 1 aromatic rings. The number of isocyanates is 1. The molecule has 40 heavy (non-hydrogen) atoms. The van der Waals surface area contributed by atoms with E-state index < -0.39 is 48.2 Å². The fourth-order valence-electron chi connectivity index (χ4n) is 3.87. The molecule has 0 saturated carbocycles. The van der Waals surface area contributed by atoms with Crippen molar-refractivity contribution in [1.82, 2.24) is 16.0 Å². The summed E-state index contributed by atoms with van der Waals surface area (Å²) >= 11 is 0. The Balaban J connectivity index is 2.93. The first-order valence-electron chi connectivity index (χ1n) is 13.4. The van der Waals surface area contributed by atoms with E-state index in [1.165, 1.54) is 6.08 Å². The lowest BCUT2D eigenvalue weighted by atomic mass is 9.97. The molecule has 0 bridgehead atoms. The van der Waals surface area contributed by atoms with Gasteiger partial charge in [-0.25, -0.2) is 14.4 Å². The molecular formula is C27H42N6O7. The maximum absolute atomic E-state index is 13.1. The molecule has 0 aliphatic heterocycles. The third kappa shape index (κ3) is 13.3. The lowest BCUT2D eigenvalue weighted by molar-refractivity contribution is -0.139. The minimum absolute atomic E-state index is 0.0791. The zero-order valence-corrected chi connectivity index (χ0v) is 23.1. The van der Waals surface area contributed by atoms with Crippen LogP contribution in [0.4, 0.5) is 4.79 Å². The summed E-state index contributed by atoms with van der Waals surface area (Å²) in [6, 6.07) is 5.14. The number of nitrogens with two attached hydrogens (primary N) is 2. The van der Waals surface area contributed by atoms with Crippen LogP contribution < -0.4 is 27.4 Å². The average molecular weight is 563 g/mol. The molecule has 0 heterocycles.